The molecule has 0 fully saturated rings. The Hall–Kier alpha value is -2.60. The van der Waals surface area contributed by atoms with Crippen LogP contribution >= 0.6 is 11.6 Å². The highest BCUT2D eigenvalue weighted by atomic mass is 35.5. The zero-order valence-corrected chi connectivity index (χ0v) is 12.8. The maximum absolute atomic E-state index is 12.2. The van der Waals surface area contributed by atoms with Crippen LogP contribution < -0.4 is 5.32 Å². The minimum Gasteiger partial charge on any atom is -0.318 e. The second-order valence-corrected chi connectivity index (χ2v) is 5.37. The lowest BCUT2D eigenvalue weighted by atomic mass is 10.1. The van der Waals surface area contributed by atoms with Gasteiger partial charge in [0.25, 0.3) is 5.91 Å². The van der Waals surface area contributed by atoms with Gasteiger partial charge in [-0.3, -0.25) is 14.6 Å². The fourth-order valence-corrected chi connectivity index (χ4v) is 2.24. The molecule has 7 heteroatoms. The molecule has 0 aliphatic rings. The van der Waals surface area contributed by atoms with Gasteiger partial charge in [-0.2, -0.15) is 10.2 Å². The number of nitrogens with one attached hydrogen (secondary N) is 2. The number of anilines is 1. The number of nitrogens with zero attached hydrogens (tertiary/aromatic N) is 3. The minimum absolute atomic E-state index is 0.260. The van der Waals surface area contributed by atoms with Crippen LogP contribution in [0.2, 0.25) is 5.02 Å². The Bertz CT molecular complexity index is 819. The summed E-state index contributed by atoms with van der Waals surface area (Å²) < 4.78 is 1.65. The van der Waals surface area contributed by atoms with Gasteiger partial charge in [-0.15, -0.1) is 0 Å². The number of carbonyl (C=O) groups excluding carboxylic acids is 1. The van der Waals surface area contributed by atoms with Crippen molar-refractivity contribution in [2.75, 3.05) is 5.32 Å². The van der Waals surface area contributed by atoms with E-state index in [9.17, 15) is 4.79 Å². The van der Waals surface area contributed by atoms with Crippen LogP contribution in [-0.4, -0.2) is 25.9 Å². The highest BCUT2D eigenvalue weighted by Crippen LogP contribution is 2.21. The lowest BCUT2D eigenvalue weighted by molar-refractivity contribution is 0.102. The first-order valence-electron chi connectivity index (χ1n) is 6.66. The SMILES string of the molecule is Cc1nn(C)cc1NC(=O)c1cc(-c2ccc(Cl)cc2)n[nH]1. The summed E-state index contributed by atoms with van der Waals surface area (Å²) in [6, 6.07) is 8.97. The number of aryl methyl sites for hydroxylation is 2. The van der Waals surface area contributed by atoms with Crippen LogP contribution in [0.15, 0.2) is 36.5 Å². The van der Waals surface area contributed by atoms with E-state index in [4.69, 9.17) is 11.6 Å². The topological polar surface area (TPSA) is 75.6 Å². The van der Waals surface area contributed by atoms with Gasteiger partial charge in [-0.1, -0.05) is 23.7 Å². The number of hydrogen-bond acceptors (Lipinski definition) is 3. The molecule has 0 radical (unpaired) electrons. The van der Waals surface area contributed by atoms with E-state index in [1.54, 1.807) is 36.1 Å². The molecule has 0 saturated carbocycles. The van der Waals surface area contributed by atoms with E-state index in [2.05, 4.69) is 20.6 Å². The maximum atomic E-state index is 12.2. The van der Waals surface area contributed by atoms with E-state index in [0.29, 0.717) is 22.1 Å². The van der Waals surface area contributed by atoms with Crippen molar-refractivity contribution in [1.82, 2.24) is 20.0 Å². The number of aromatic nitrogens is 4. The van der Waals surface area contributed by atoms with Gasteiger partial charge in [0.2, 0.25) is 0 Å². The molecule has 0 aliphatic carbocycles. The molecule has 22 heavy (non-hydrogen) atoms. The van der Waals surface area contributed by atoms with Crippen molar-refractivity contribution in [3.05, 3.63) is 52.9 Å². The van der Waals surface area contributed by atoms with Gasteiger partial charge in [0.15, 0.2) is 0 Å². The quantitative estimate of drug-likeness (QED) is 0.780. The zero-order valence-electron chi connectivity index (χ0n) is 12.1. The summed E-state index contributed by atoms with van der Waals surface area (Å²) in [4.78, 5) is 12.2. The van der Waals surface area contributed by atoms with Gasteiger partial charge in [-0.25, -0.2) is 0 Å². The van der Waals surface area contributed by atoms with E-state index < -0.39 is 0 Å². The van der Waals surface area contributed by atoms with Crippen LogP contribution in [0.5, 0.6) is 0 Å². The molecule has 0 bridgehead atoms. The average Bonchev–Trinajstić information content (AvgIpc) is 3.07. The Balaban J connectivity index is 1.79. The number of amides is 1. The fraction of sp³-hybridized carbons (Fsp3) is 0.133. The van der Waals surface area contributed by atoms with Crippen molar-refractivity contribution < 1.29 is 4.79 Å². The molecule has 6 nitrogen and oxygen atoms in total. The van der Waals surface area contributed by atoms with Crippen molar-refractivity contribution in [2.45, 2.75) is 6.92 Å². The van der Waals surface area contributed by atoms with Crippen LogP contribution in [0.1, 0.15) is 16.2 Å². The van der Waals surface area contributed by atoms with E-state index in [1.807, 2.05) is 19.1 Å². The summed E-state index contributed by atoms with van der Waals surface area (Å²) in [7, 11) is 1.80. The highest BCUT2D eigenvalue weighted by Gasteiger charge is 2.13. The van der Waals surface area contributed by atoms with Crippen molar-refractivity contribution in [3.63, 3.8) is 0 Å². The number of H-pyrrole nitrogens is 1. The Labute approximate surface area is 132 Å². The highest BCUT2D eigenvalue weighted by molar-refractivity contribution is 6.30. The average molecular weight is 316 g/mol. The molecular weight excluding hydrogens is 302 g/mol. The Morgan fingerprint density at radius 1 is 1.32 bits per heavy atom. The minimum atomic E-state index is -0.260. The van der Waals surface area contributed by atoms with Crippen molar-refractivity contribution in [1.29, 1.82) is 0 Å². The van der Waals surface area contributed by atoms with Gasteiger partial charge in [0.05, 0.1) is 17.1 Å². The Kier molecular flexibility index (Phi) is 3.68. The normalized spacial score (nSPS) is 10.7. The lowest BCUT2D eigenvalue weighted by Crippen LogP contribution is -2.12. The molecule has 0 unspecified atom stereocenters. The summed E-state index contributed by atoms with van der Waals surface area (Å²) in [5.74, 6) is -0.260. The van der Waals surface area contributed by atoms with Crippen molar-refractivity contribution >= 4 is 23.2 Å². The van der Waals surface area contributed by atoms with Crippen LogP contribution in [0.4, 0.5) is 5.69 Å². The Morgan fingerprint density at radius 2 is 2.05 bits per heavy atom. The number of aromatic amines is 1. The van der Waals surface area contributed by atoms with Gasteiger partial charge in [-0.05, 0) is 25.1 Å². The summed E-state index contributed by atoms with van der Waals surface area (Å²) in [6.45, 7) is 1.84. The molecule has 0 spiro atoms. The molecular formula is C15H14ClN5O. The van der Waals surface area contributed by atoms with Crippen LogP contribution in [0.25, 0.3) is 11.3 Å². The lowest BCUT2D eigenvalue weighted by Gasteiger charge is -2.00. The van der Waals surface area contributed by atoms with Gasteiger partial charge in [0.1, 0.15) is 5.69 Å². The van der Waals surface area contributed by atoms with Crippen LogP contribution in [-0.2, 0) is 7.05 Å². The molecule has 0 aliphatic heterocycles. The van der Waals surface area contributed by atoms with Gasteiger partial charge < -0.3 is 5.32 Å². The molecule has 1 aromatic carbocycles. The Morgan fingerprint density at radius 3 is 2.68 bits per heavy atom. The molecule has 2 aromatic heterocycles. The summed E-state index contributed by atoms with van der Waals surface area (Å²) >= 11 is 5.86. The van der Waals surface area contributed by atoms with Crippen LogP contribution in [0.3, 0.4) is 0 Å². The summed E-state index contributed by atoms with van der Waals surface area (Å²) in [6.07, 6.45) is 1.75. The molecule has 2 heterocycles. The maximum Gasteiger partial charge on any atom is 0.273 e. The predicted octanol–water partition coefficient (Wildman–Crippen LogP) is 3.02. The predicted molar refractivity (Wildman–Crippen MR) is 84.9 cm³/mol. The number of halogens is 1. The third kappa shape index (κ3) is 2.87. The third-order valence-corrected chi connectivity index (χ3v) is 3.48. The van der Waals surface area contributed by atoms with Gasteiger partial charge in [0, 0.05) is 23.8 Å². The molecule has 3 rings (SSSR count). The van der Waals surface area contributed by atoms with E-state index in [0.717, 1.165) is 11.3 Å². The molecule has 3 aromatic rings. The second kappa shape index (κ2) is 5.65. The third-order valence-electron chi connectivity index (χ3n) is 3.22. The fourth-order valence-electron chi connectivity index (χ4n) is 2.12. The summed E-state index contributed by atoms with van der Waals surface area (Å²) in [5, 5.41) is 14.5. The molecule has 2 N–H and O–H groups in total. The van der Waals surface area contributed by atoms with Crippen molar-refractivity contribution in [3.8, 4) is 11.3 Å². The monoisotopic (exact) mass is 315 g/mol. The van der Waals surface area contributed by atoms with E-state index in [1.165, 1.54) is 0 Å². The largest absolute Gasteiger partial charge is 0.318 e. The first-order valence-corrected chi connectivity index (χ1v) is 7.03. The van der Waals surface area contributed by atoms with E-state index >= 15 is 0 Å². The van der Waals surface area contributed by atoms with Crippen LogP contribution in [0, 0.1) is 6.92 Å². The molecule has 112 valence electrons. The standard InChI is InChI=1S/C15H14ClN5O/c1-9-14(8-21(2)20-9)17-15(22)13-7-12(18-19-13)10-3-5-11(16)6-4-10/h3-8H,1-2H3,(H,17,22)(H,18,19). The zero-order chi connectivity index (χ0) is 15.7. The number of carbonyl (C=O) groups is 1. The number of hydrogen-bond donors (Lipinski definition) is 2. The van der Waals surface area contributed by atoms with E-state index in [-0.39, 0.29) is 5.91 Å². The summed E-state index contributed by atoms with van der Waals surface area (Å²) in [5.41, 5.74) is 3.39. The number of rotatable bonds is 3. The van der Waals surface area contributed by atoms with Crippen molar-refractivity contribution in [2.24, 2.45) is 7.05 Å². The smallest absolute Gasteiger partial charge is 0.273 e. The molecule has 0 atom stereocenters. The molecule has 1 amide bonds. The molecule has 0 saturated heterocycles. The second-order valence-electron chi connectivity index (χ2n) is 4.93. The first kappa shape index (κ1) is 14.3. The van der Waals surface area contributed by atoms with Gasteiger partial charge >= 0.3 is 0 Å². The number of benzene rings is 1. The first-order chi connectivity index (χ1) is 10.5.